The van der Waals surface area contributed by atoms with Gasteiger partial charge in [-0.2, -0.15) is 0 Å². The average molecular weight is 360 g/mol. The number of benzene rings is 1. The first kappa shape index (κ1) is 21.0. The van der Waals surface area contributed by atoms with E-state index in [2.05, 4.69) is 39.8 Å². The number of nitrogens with zero attached hydrogens (tertiary/aromatic N) is 1. The number of ether oxygens (including phenoxy) is 1. The zero-order chi connectivity index (χ0) is 19.2. The highest BCUT2D eigenvalue weighted by atomic mass is 16.5. The summed E-state index contributed by atoms with van der Waals surface area (Å²) in [5, 5.41) is 0. The SMILES string of the molecule is CC(=O)N(CC[C@@]1(CCC(C)C)CCOC(C)(C)C1)Cc1ccccc1. The summed E-state index contributed by atoms with van der Waals surface area (Å²) in [4.78, 5) is 14.2. The normalized spacial score (nSPS) is 22.4. The van der Waals surface area contributed by atoms with Gasteiger partial charge in [-0.15, -0.1) is 0 Å². The second kappa shape index (κ2) is 9.03. The first-order valence-electron chi connectivity index (χ1n) is 10.1. The Bertz CT molecular complexity index is 567. The van der Waals surface area contributed by atoms with Crippen LogP contribution in [-0.2, 0) is 16.1 Å². The maximum absolute atomic E-state index is 12.2. The van der Waals surface area contributed by atoms with Crippen LogP contribution in [0.2, 0.25) is 0 Å². The summed E-state index contributed by atoms with van der Waals surface area (Å²) in [6.45, 7) is 13.1. The van der Waals surface area contributed by atoms with E-state index in [1.165, 1.54) is 18.4 Å². The Morgan fingerprint density at radius 1 is 1.19 bits per heavy atom. The Morgan fingerprint density at radius 2 is 1.88 bits per heavy atom. The first-order chi connectivity index (χ1) is 12.2. The summed E-state index contributed by atoms with van der Waals surface area (Å²) in [5.74, 6) is 0.880. The molecule has 1 aromatic rings. The largest absolute Gasteiger partial charge is 0.376 e. The van der Waals surface area contributed by atoms with Gasteiger partial charge in [0.05, 0.1) is 5.60 Å². The van der Waals surface area contributed by atoms with E-state index in [4.69, 9.17) is 4.74 Å². The molecular formula is C23H37NO2. The van der Waals surface area contributed by atoms with Gasteiger partial charge in [0.15, 0.2) is 0 Å². The molecule has 3 nitrogen and oxygen atoms in total. The van der Waals surface area contributed by atoms with Crippen LogP contribution in [0.3, 0.4) is 0 Å². The van der Waals surface area contributed by atoms with E-state index in [1.54, 1.807) is 6.92 Å². The van der Waals surface area contributed by atoms with E-state index in [9.17, 15) is 4.79 Å². The van der Waals surface area contributed by atoms with Crippen LogP contribution in [0.5, 0.6) is 0 Å². The van der Waals surface area contributed by atoms with E-state index in [0.717, 1.165) is 32.4 Å². The van der Waals surface area contributed by atoms with E-state index >= 15 is 0 Å². The Kier molecular flexibility index (Phi) is 7.28. The molecular weight excluding hydrogens is 322 g/mol. The molecule has 1 aliphatic rings. The first-order valence-corrected chi connectivity index (χ1v) is 10.1. The molecule has 0 radical (unpaired) electrons. The Hall–Kier alpha value is -1.35. The second-order valence-corrected chi connectivity index (χ2v) is 9.14. The molecule has 0 N–H and O–H groups in total. The highest BCUT2D eigenvalue weighted by molar-refractivity contribution is 5.73. The van der Waals surface area contributed by atoms with Crippen molar-refractivity contribution in [2.24, 2.45) is 11.3 Å². The maximum Gasteiger partial charge on any atom is 0.219 e. The molecule has 0 bridgehead atoms. The van der Waals surface area contributed by atoms with E-state index in [-0.39, 0.29) is 16.9 Å². The Labute approximate surface area is 160 Å². The lowest BCUT2D eigenvalue weighted by molar-refractivity contribution is -0.132. The zero-order valence-corrected chi connectivity index (χ0v) is 17.4. The summed E-state index contributed by atoms with van der Waals surface area (Å²) < 4.78 is 6.00. The molecule has 1 aromatic carbocycles. The monoisotopic (exact) mass is 359 g/mol. The van der Waals surface area contributed by atoms with Crippen molar-refractivity contribution in [3.63, 3.8) is 0 Å². The molecule has 1 heterocycles. The quantitative estimate of drug-likeness (QED) is 0.619. The number of carbonyl (C=O) groups excluding carboxylic acids is 1. The van der Waals surface area contributed by atoms with Crippen molar-refractivity contribution < 1.29 is 9.53 Å². The van der Waals surface area contributed by atoms with Crippen LogP contribution in [0, 0.1) is 11.3 Å². The number of hydrogen-bond donors (Lipinski definition) is 0. The van der Waals surface area contributed by atoms with Gasteiger partial charge in [0.2, 0.25) is 5.91 Å². The van der Waals surface area contributed by atoms with Gasteiger partial charge in [0, 0.05) is 26.6 Å². The van der Waals surface area contributed by atoms with Crippen LogP contribution in [0.25, 0.3) is 0 Å². The van der Waals surface area contributed by atoms with Crippen LogP contribution in [0.15, 0.2) is 30.3 Å². The molecule has 26 heavy (non-hydrogen) atoms. The van der Waals surface area contributed by atoms with Gasteiger partial charge < -0.3 is 9.64 Å². The van der Waals surface area contributed by atoms with Gasteiger partial charge in [-0.3, -0.25) is 4.79 Å². The highest BCUT2D eigenvalue weighted by Crippen LogP contribution is 2.45. The van der Waals surface area contributed by atoms with Gasteiger partial charge in [-0.05, 0) is 56.4 Å². The smallest absolute Gasteiger partial charge is 0.219 e. The lowest BCUT2D eigenvalue weighted by Gasteiger charge is -2.46. The predicted octanol–water partition coefficient (Wildman–Crippen LogP) is 5.44. The summed E-state index contributed by atoms with van der Waals surface area (Å²) in [5.41, 5.74) is 1.43. The van der Waals surface area contributed by atoms with Crippen molar-refractivity contribution in [3.05, 3.63) is 35.9 Å². The highest BCUT2D eigenvalue weighted by Gasteiger charge is 2.40. The zero-order valence-electron chi connectivity index (χ0n) is 17.4. The van der Waals surface area contributed by atoms with E-state index in [1.807, 2.05) is 23.1 Å². The third-order valence-corrected chi connectivity index (χ3v) is 5.75. The third kappa shape index (κ3) is 6.42. The van der Waals surface area contributed by atoms with Crippen molar-refractivity contribution >= 4 is 5.91 Å². The molecule has 0 spiro atoms. The maximum atomic E-state index is 12.2. The predicted molar refractivity (Wildman–Crippen MR) is 108 cm³/mol. The van der Waals surface area contributed by atoms with Crippen molar-refractivity contribution in [1.82, 2.24) is 4.90 Å². The van der Waals surface area contributed by atoms with Gasteiger partial charge in [0.1, 0.15) is 0 Å². The van der Waals surface area contributed by atoms with Crippen LogP contribution >= 0.6 is 0 Å². The molecule has 1 aliphatic heterocycles. The minimum atomic E-state index is -0.0598. The standard InChI is InChI=1S/C23H37NO2/c1-19(2)11-12-23(14-16-26-22(4,5)18-23)13-15-24(20(3)25)17-21-9-7-6-8-10-21/h6-10,19H,11-18H2,1-5H3/t23-/m0/s1. The van der Waals surface area contributed by atoms with Gasteiger partial charge >= 0.3 is 0 Å². The molecule has 1 amide bonds. The molecule has 0 saturated carbocycles. The minimum absolute atomic E-state index is 0.0598. The summed E-state index contributed by atoms with van der Waals surface area (Å²) in [6, 6.07) is 10.3. The Morgan fingerprint density at radius 3 is 2.46 bits per heavy atom. The van der Waals surface area contributed by atoms with E-state index in [0.29, 0.717) is 12.5 Å². The fourth-order valence-corrected chi connectivity index (χ4v) is 4.26. The van der Waals surface area contributed by atoms with Crippen molar-refractivity contribution in [2.75, 3.05) is 13.2 Å². The number of amides is 1. The van der Waals surface area contributed by atoms with Crippen molar-refractivity contribution in [2.45, 2.75) is 78.9 Å². The van der Waals surface area contributed by atoms with E-state index < -0.39 is 0 Å². The molecule has 2 rings (SSSR count). The molecule has 0 aliphatic carbocycles. The van der Waals surface area contributed by atoms with Crippen LogP contribution in [0.4, 0.5) is 0 Å². The van der Waals surface area contributed by atoms with Crippen molar-refractivity contribution in [1.29, 1.82) is 0 Å². The van der Waals surface area contributed by atoms with Crippen molar-refractivity contribution in [3.8, 4) is 0 Å². The van der Waals surface area contributed by atoms with Crippen LogP contribution in [0.1, 0.15) is 72.3 Å². The van der Waals surface area contributed by atoms with Crippen LogP contribution in [-0.4, -0.2) is 29.6 Å². The average Bonchev–Trinajstić information content (AvgIpc) is 2.57. The lowest BCUT2D eigenvalue weighted by atomic mass is 9.68. The fourth-order valence-electron chi connectivity index (χ4n) is 4.26. The molecule has 0 aromatic heterocycles. The number of hydrogen-bond acceptors (Lipinski definition) is 2. The topological polar surface area (TPSA) is 29.5 Å². The third-order valence-electron chi connectivity index (χ3n) is 5.75. The number of rotatable bonds is 8. The molecule has 1 fully saturated rings. The summed E-state index contributed by atoms with van der Waals surface area (Å²) in [7, 11) is 0. The Balaban J connectivity index is 2.06. The molecule has 0 unspecified atom stereocenters. The summed E-state index contributed by atoms with van der Waals surface area (Å²) >= 11 is 0. The molecule has 3 heteroatoms. The lowest BCUT2D eigenvalue weighted by Crippen LogP contribution is -2.43. The van der Waals surface area contributed by atoms with Crippen LogP contribution < -0.4 is 0 Å². The van der Waals surface area contributed by atoms with Gasteiger partial charge in [-0.25, -0.2) is 0 Å². The van der Waals surface area contributed by atoms with Gasteiger partial charge in [0.25, 0.3) is 0 Å². The molecule has 1 saturated heterocycles. The minimum Gasteiger partial charge on any atom is -0.376 e. The van der Waals surface area contributed by atoms with Gasteiger partial charge in [-0.1, -0.05) is 50.6 Å². The second-order valence-electron chi connectivity index (χ2n) is 9.14. The molecule has 146 valence electrons. The molecule has 1 atom stereocenters. The number of carbonyl (C=O) groups is 1. The fraction of sp³-hybridized carbons (Fsp3) is 0.696. The summed E-state index contributed by atoms with van der Waals surface area (Å²) in [6.07, 6.45) is 5.74.